The van der Waals surface area contributed by atoms with Crippen molar-refractivity contribution >= 4 is 23.6 Å². The third-order valence-corrected chi connectivity index (χ3v) is 7.62. The van der Waals surface area contributed by atoms with Gasteiger partial charge in [0.2, 0.25) is 0 Å². The van der Waals surface area contributed by atoms with Gasteiger partial charge in [-0.05, 0) is 72.9 Å². The van der Waals surface area contributed by atoms with Gasteiger partial charge < -0.3 is 20.1 Å². The molecule has 2 aromatic carbocycles. The van der Waals surface area contributed by atoms with Gasteiger partial charge >= 0.3 is 5.97 Å². The fourth-order valence-electron chi connectivity index (χ4n) is 5.42. The third-order valence-electron chi connectivity index (χ3n) is 7.62. The lowest BCUT2D eigenvalue weighted by molar-refractivity contribution is -0.136. The maximum atomic E-state index is 12.4. The van der Waals surface area contributed by atoms with Crippen molar-refractivity contribution in [2.75, 3.05) is 13.2 Å². The Kier molecular flexibility index (Phi) is 8.35. The number of rotatable bonds is 7. The number of hydrogen-bond acceptors (Lipinski definition) is 5. The van der Waals surface area contributed by atoms with Crippen LogP contribution in [-0.4, -0.2) is 47.1 Å². The molecule has 1 heterocycles. The number of carboxylic acids is 1. The van der Waals surface area contributed by atoms with Crippen LogP contribution in [0.1, 0.15) is 80.4 Å². The van der Waals surface area contributed by atoms with Gasteiger partial charge in [0.05, 0.1) is 29.8 Å². The number of amides is 1. The van der Waals surface area contributed by atoms with Gasteiger partial charge in [0.15, 0.2) is 0 Å². The number of hydrogen-bond donors (Lipinski definition) is 2. The van der Waals surface area contributed by atoms with Gasteiger partial charge in [0, 0.05) is 18.2 Å². The van der Waals surface area contributed by atoms with Crippen molar-refractivity contribution in [2.24, 2.45) is 16.3 Å². The van der Waals surface area contributed by atoms with E-state index in [1.165, 1.54) is 0 Å². The van der Waals surface area contributed by atoms with Crippen LogP contribution in [0.4, 0.5) is 5.69 Å². The monoisotopic (exact) mass is 516 g/mol. The van der Waals surface area contributed by atoms with Crippen molar-refractivity contribution < 1.29 is 19.4 Å². The lowest BCUT2D eigenvalue weighted by Gasteiger charge is -2.41. The van der Waals surface area contributed by atoms with Gasteiger partial charge in [-0.2, -0.15) is 10.3 Å². The molecule has 0 bridgehead atoms. The van der Waals surface area contributed by atoms with Crippen molar-refractivity contribution in [3.63, 3.8) is 0 Å². The zero-order valence-electron chi connectivity index (χ0n) is 22.3. The molecule has 8 heteroatoms. The Labute approximate surface area is 224 Å². The lowest BCUT2D eigenvalue weighted by atomic mass is 9.71. The number of carbonyl (C=O) groups excluding carboxylic acids is 1. The van der Waals surface area contributed by atoms with Crippen LogP contribution in [-0.2, 0) is 9.53 Å². The first-order valence-electron chi connectivity index (χ1n) is 13.3. The molecular formula is C30H36N4O4. The van der Waals surface area contributed by atoms with Crippen molar-refractivity contribution in [1.82, 2.24) is 10.2 Å². The molecule has 200 valence electrons. The minimum Gasteiger partial charge on any atom is -0.481 e. The first kappa shape index (κ1) is 27.2. The molecule has 1 unspecified atom stereocenters. The smallest absolute Gasteiger partial charge is 0.305 e. The molecule has 1 atom stereocenters. The fourth-order valence-corrected chi connectivity index (χ4v) is 5.42. The summed E-state index contributed by atoms with van der Waals surface area (Å²) in [6.07, 6.45) is 4.26. The van der Waals surface area contributed by atoms with Crippen molar-refractivity contribution in [1.29, 1.82) is 5.26 Å². The standard InChI is InChI=1S/C30H36N4O4/c1-30(2,3)23-11-13-25(14-12-23)34-26(19-38-29(34)33-24-6-4-5-20(17-24)18-31)21-7-9-22(10-8-21)28(37)32-16-15-27(35)36/h4-10,17,23,25-26H,11-16,19H2,1-3H3,(H,32,37)(H,35,36)/b33-29-. The number of aliphatic imine (C=N–C) groups is 1. The van der Waals surface area contributed by atoms with Crippen LogP contribution in [0.3, 0.4) is 0 Å². The number of ether oxygens (including phenoxy) is 1. The number of amidine groups is 1. The van der Waals surface area contributed by atoms with Crippen LogP contribution >= 0.6 is 0 Å². The summed E-state index contributed by atoms with van der Waals surface area (Å²) in [5.41, 5.74) is 3.03. The third kappa shape index (κ3) is 6.52. The van der Waals surface area contributed by atoms with Crippen LogP contribution in [0.25, 0.3) is 0 Å². The number of carbonyl (C=O) groups is 2. The average molecular weight is 517 g/mol. The van der Waals surface area contributed by atoms with Gasteiger partial charge in [0.25, 0.3) is 11.9 Å². The average Bonchev–Trinajstić information content (AvgIpc) is 3.31. The maximum Gasteiger partial charge on any atom is 0.305 e. The minimum absolute atomic E-state index is 0.0480. The summed E-state index contributed by atoms with van der Waals surface area (Å²) in [5.74, 6) is -0.569. The van der Waals surface area contributed by atoms with E-state index in [0.717, 1.165) is 31.2 Å². The fraction of sp³-hybridized carbons (Fsp3) is 0.467. The Hall–Kier alpha value is -3.86. The number of aliphatic carboxylic acids is 1. The molecule has 0 spiro atoms. The highest BCUT2D eigenvalue weighted by molar-refractivity contribution is 5.94. The zero-order chi connectivity index (χ0) is 27.3. The molecule has 8 nitrogen and oxygen atoms in total. The summed E-state index contributed by atoms with van der Waals surface area (Å²) in [7, 11) is 0. The second kappa shape index (κ2) is 11.7. The summed E-state index contributed by atoms with van der Waals surface area (Å²) in [6, 6.07) is 17.6. The Balaban J connectivity index is 1.57. The molecule has 2 fully saturated rings. The molecule has 1 amide bonds. The van der Waals surface area contributed by atoms with Crippen LogP contribution in [0.15, 0.2) is 53.5 Å². The number of nitriles is 1. The molecule has 2 N–H and O–H groups in total. The van der Waals surface area contributed by atoms with Crippen LogP contribution in [0.5, 0.6) is 0 Å². The van der Waals surface area contributed by atoms with E-state index >= 15 is 0 Å². The molecule has 2 aliphatic rings. The zero-order valence-corrected chi connectivity index (χ0v) is 22.3. The molecule has 1 aliphatic carbocycles. The van der Waals surface area contributed by atoms with Crippen molar-refractivity contribution in [3.8, 4) is 6.07 Å². The highest BCUT2D eigenvalue weighted by Gasteiger charge is 2.40. The molecule has 1 saturated carbocycles. The number of carboxylic acid groups (broad SMARTS) is 1. The number of benzene rings is 2. The summed E-state index contributed by atoms with van der Waals surface area (Å²) >= 11 is 0. The Morgan fingerprint density at radius 2 is 1.84 bits per heavy atom. The maximum absolute atomic E-state index is 12.4. The first-order valence-corrected chi connectivity index (χ1v) is 13.3. The van der Waals surface area contributed by atoms with E-state index in [0.29, 0.717) is 35.4 Å². The minimum atomic E-state index is -0.949. The quantitative estimate of drug-likeness (QED) is 0.507. The van der Waals surface area contributed by atoms with E-state index in [2.05, 4.69) is 37.1 Å². The van der Waals surface area contributed by atoms with E-state index in [1.807, 2.05) is 24.3 Å². The molecule has 0 radical (unpaired) electrons. The van der Waals surface area contributed by atoms with Crippen LogP contribution < -0.4 is 5.32 Å². The van der Waals surface area contributed by atoms with E-state index in [1.54, 1.807) is 24.3 Å². The summed E-state index contributed by atoms with van der Waals surface area (Å²) in [6.45, 7) is 7.47. The molecular weight excluding hydrogens is 480 g/mol. The first-order chi connectivity index (χ1) is 18.2. The molecule has 38 heavy (non-hydrogen) atoms. The SMILES string of the molecule is CC(C)(C)C1CCC(N2/C(=N/c3cccc(C#N)c3)OCC2c2ccc(C(=O)NCCC(=O)O)cc2)CC1. The largest absolute Gasteiger partial charge is 0.481 e. The number of nitrogens with zero attached hydrogens (tertiary/aromatic N) is 3. The predicted octanol–water partition coefficient (Wildman–Crippen LogP) is 5.43. The van der Waals surface area contributed by atoms with Gasteiger partial charge in [-0.25, -0.2) is 0 Å². The van der Waals surface area contributed by atoms with Gasteiger partial charge in [0.1, 0.15) is 6.61 Å². The highest BCUT2D eigenvalue weighted by atomic mass is 16.5. The summed E-state index contributed by atoms with van der Waals surface area (Å²) < 4.78 is 6.17. The lowest BCUT2D eigenvalue weighted by Crippen LogP contribution is -2.42. The van der Waals surface area contributed by atoms with Crippen molar-refractivity contribution in [2.45, 2.75) is 65.0 Å². The van der Waals surface area contributed by atoms with Crippen LogP contribution in [0.2, 0.25) is 0 Å². The molecule has 1 aliphatic heterocycles. The Morgan fingerprint density at radius 1 is 1.13 bits per heavy atom. The van der Waals surface area contributed by atoms with E-state index in [-0.39, 0.29) is 36.4 Å². The second-order valence-corrected chi connectivity index (χ2v) is 11.2. The van der Waals surface area contributed by atoms with Gasteiger partial charge in [-0.15, -0.1) is 0 Å². The topological polar surface area (TPSA) is 115 Å². The highest BCUT2D eigenvalue weighted by Crippen LogP contribution is 2.42. The molecule has 2 aromatic rings. The molecule has 4 rings (SSSR count). The van der Waals surface area contributed by atoms with E-state index < -0.39 is 5.97 Å². The van der Waals surface area contributed by atoms with E-state index in [9.17, 15) is 14.9 Å². The normalized spacial score (nSPS) is 22.5. The molecule has 0 aromatic heterocycles. The van der Waals surface area contributed by atoms with E-state index in [4.69, 9.17) is 14.8 Å². The second-order valence-electron chi connectivity index (χ2n) is 11.2. The van der Waals surface area contributed by atoms with Gasteiger partial charge in [-0.3, -0.25) is 9.59 Å². The predicted molar refractivity (Wildman–Crippen MR) is 145 cm³/mol. The number of nitrogens with one attached hydrogen (secondary N) is 1. The molecule has 1 saturated heterocycles. The summed E-state index contributed by atoms with van der Waals surface area (Å²) in [5, 5.41) is 20.7. The van der Waals surface area contributed by atoms with Crippen LogP contribution in [0, 0.1) is 22.7 Å². The summed E-state index contributed by atoms with van der Waals surface area (Å²) in [4.78, 5) is 30.2. The van der Waals surface area contributed by atoms with Gasteiger partial charge in [-0.1, -0.05) is 39.0 Å². The van der Waals surface area contributed by atoms with Crippen molar-refractivity contribution in [3.05, 3.63) is 65.2 Å². The Morgan fingerprint density at radius 3 is 2.47 bits per heavy atom. The Bertz CT molecular complexity index is 1220.